The van der Waals surface area contributed by atoms with Gasteiger partial charge in [0.2, 0.25) is 0 Å². The molecule has 0 aromatic heterocycles. The van der Waals surface area contributed by atoms with E-state index in [2.05, 4.69) is 0 Å². The molecule has 6 unspecified atom stereocenters. The normalized spacial score (nSPS) is 49.3. The molecule has 6 atom stereocenters. The highest BCUT2D eigenvalue weighted by Gasteiger charge is 2.49. The number of ether oxygens (including phenoxy) is 4. The highest BCUT2D eigenvalue weighted by atomic mass is 16.6. The molecular formula is C14H22O4. The molecule has 4 fully saturated rings. The van der Waals surface area contributed by atoms with Crippen LogP contribution in [0.3, 0.4) is 0 Å². The SMILES string of the molecule is C1CC(OCCOC2CCCC3OC23)C2OC2C1. The molecule has 4 nitrogen and oxygen atoms in total. The van der Waals surface area contributed by atoms with E-state index < -0.39 is 0 Å². The first-order chi connectivity index (χ1) is 8.92. The van der Waals surface area contributed by atoms with Gasteiger partial charge in [0.25, 0.3) is 0 Å². The molecule has 4 heteroatoms. The van der Waals surface area contributed by atoms with E-state index in [-0.39, 0.29) is 0 Å². The van der Waals surface area contributed by atoms with Crippen LogP contribution in [0.1, 0.15) is 38.5 Å². The van der Waals surface area contributed by atoms with E-state index in [1.165, 1.54) is 25.7 Å². The number of hydrogen-bond donors (Lipinski definition) is 0. The summed E-state index contributed by atoms with van der Waals surface area (Å²) >= 11 is 0. The van der Waals surface area contributed by atoms with Crippen LogP contribution in [0, 0.1) is 0 Å². The summed E-state index contributed by atoms with van der Waals surface area (Å²) < 4.78 is 22.9. The second-order valence-electron chi connectivity index (χ2n) is 5.96. The second-order valence-corrected chi connectivity index (χ2v) is 5.96. The monoisotopic (exact) mass is 254 g/mol. The van der Waals surface area contributed by atoms with Gasteiger partial charge in [-0.15, -0.1) is 0 Å². The van der Waals surface area contributed by atoms with Gasteiger partial charge in [-0.3, -0.25) is 0 Å². The molecule has 0 N–H and O–H groups in total. The fourth-order valence-electron chi connectivity index (χ4n) is 3.56. The maximum Gasteiger partial charge on any atom is 0.110 e. The Bertz CT molecular complexity index is 278. The summed E-state index contributed by atoms with van der Waals surface area (Å²) in [5.74, 6) is 0. The van der Waals surface area contributed by atoms with Gasteiger partial charge in [-0.2, -0.15) is 0 Å². The number of hydrogen-bond acceptors (Lipinski definition) is 4. The van der Waals surface area contributed by atoms with Crippen molar-refractivity contribution in [3.8, 4) is 0 Å². The second kappa shape index (κ2) is 4.75. The molecule has 2 saturated carbocycles. The summed E-state index contributed by atoms with van der Waals surface area (Å²) in [5, 5.41) is 0. The van der Waals surface area contributed by atoms with Gasteiger partial charge < -0.3 is 18.9 Å². The van der Waals surface area contributed by atoms with E-state index in [9.17, 15) is 0 Å². The smallest absolute Gasteiger partial charge is 0.110 e. The predicted octanol–water partition coefficient (Wildman–Crippen LogP) is 1.66. The third kappa shape index (κ3) is 2.31. The Labute approximate surface area is 108 Å². The first kappa shape index (κ1) is 11.6. The van der Waals surface area contributed by atoms with Crippen molar-refractivity contribution in [1.29, 1.82) is 0 Å². The van der Waals surface area contributed by atoms with Gasteiger partial charge >= 0.3 is 0 Å². The lowest BCUT2D eigenvalue weighted by atomic mass is 9.98. The van der Waals surface area contributed by atoms with E-state index in [1.807, 2.05) is 0 Å². The lowest BCUT2D eigenvalue weighted by Gasteiger charge is -2.21. The Balaban J connectivity index is 1.14. The molecule has 0 aromatic carbocycles. The molecule has 4 aliphatic rings. The van der Waals surface area contributed by atoms with Gasteiger partial charge in [-0.05, 0) is 38.5 Å². The van der Waals surface area contributed by atoms with Crippen molar-refractivity contribution < 1.29 is 18.9 Å². The molecule has 18 heavy (non-hydrogen) atoms. The molecule has 2 heterocycles. The first-order valence-corrected chi connectivity index (χ1v) is 7.46. The van der Waals surface area contributed by atoms with E-state index in [4.69, 9.17) is 18.9 Å². The fourth-order valence-corrected chi connectivity index (χ4v) is 3.56. The van der Waals surface area contributed by atoms with Crippen LogP contribution in [0.15, 0.2) is 0 Å². The van der Waals surface area contributed by atoms with E-state index >= 15 is 0 Å². The summed E-state index contributed by atoms with van der Waals surface area (Å²) in [6.07, 6.45) is 9.68. The van der Waals surface area contributed by atoms with E-state index in [0.717, 1.165) is 12.8 Å². The molecule has 0 radical (unpaired) electrons. The van der Waals surface area contributed by atoms with Crippen molar-refractivity contribution >= 4 is 0 Å². The van der Waals surface area contributed by atoms with Crippen molar-refractivity contribution in [2.24, 2.45) is 0 Å². The molecule has 2 aliphatic carbocycles. The molecule has 0 bridgehead atoms. The van der Waals surface area contributed by atoms with Crippen LogP contribution in [-0.2, 0) is 18.9 Å². The van der Waals surface area contributed by atoms with Gasteiger partial charge in [0, 0.05) is 0 Å². The molecule has 2 saturated heterocycles. The zero-order valence-electron chi connectivity index (χ0n) is 10.8. The third-order valence-electron chi connectivity index (χ3n) is 4.68. The maximum atomic E-state index is 5.89. The number of rotatable bonds is 5. The topological polar surface area (TPSA) is 43.5 Å². The average molecular weight is 254 g/mol. The Morgan fingerprint density at radius 2 is 1.22 bits per heavy atom. The zero-order valence-corrected chi connectivity index (χ0v) is 10.8. The van der Waals surface area contributed by atoms with Crippen molar-refractivity contribution in [1.82, 2.24) is 0 Å². The molecule has 0 amide bonds. The Morgan fingerprint density at radius 1 is 0.722 bits per heavy atom. The molecule has 4 rings (SSSR count). The zero-order chi connectivity index (χ0) is 11.9. The third-order valence-corrected chi connectivity index (χ3v) is 4.68. The van der Waals surface area contributed by atoms with Crippen LogP contribution in [0.2, 0.25) is 0 Å². The Kier molecular flexibility index (Phi) is 3.07. The van der Waals surface area contributed by atoms with Crippen molar-refractivity contribution in [3.63, 3.8) is 0 Å². The standard InChI is InChI=1S/C14H22O4/c1-3-9(13-11(5-1)17-13)15-7-8-16-10-4-2-6-12-14(10)18-12/h9-14H,1-8H2. The maximum absolute atomic E-state index is 5.89. The van der Waals surface area contributed by atoms with Gasteiger partial charge in [0.15, 0.2) is 0 Å². The summed E-state index contributed by atoms with van der Waals surface area (Å²) in [6, 6.07) is 0. The molecule has 0 aromatic rings. The van der Waals surface area contributed by atoms with Crippen LogP contribution in [0.5, 0.6) is 0 Å². The quantitative estimate of drug-likeness (QED) is 0.553. The fraction of sp³-hybridized carbons (Fsp3) is 1.00. The number of epoxide rings is 2. The van der Waals surface area contributed by atoms with Crippen LogP contribution in [0.25, 0.3) is 0 Å². The molecular weight excluding hydrogens is 232 g/mol. The highest BCUT2D eigenvalue weighted by Crippen LogP contribution is 2.39. The van der Waals surface area contributed by atoms with Gasteiger partial charge in [0.1, 0.15) is 12.2 Å². The van der Waals surface area contributed by atoms with Crippen LogP contribution >= 0.6 is 0 Å². The molecule has 2 aliphatic heterocycles. The first-order valence-electron chi connectivity index (χ1n) is 7.46. The summed E-state index contributed by atoms with van der Waals surface area (Å²) in [7, 11) is 0. The van der Waals surface area contributed by atoms with Gasteiger partial charge in [-0.25, -0.2) is 0 Å². The minimum absolute atomic E-state index is 0.323. The summed E-state index contributed by atoms with van der Waals surface area (Å²) in [6.45, 7) is 1.40. The van der Waals surface area contributed by atoms with E-state index in [1.54, 1.807) is 0 Å². The van der Waals surface area contributed by atoms with E-state index in [0.29, 0.717) is 49.8 Å². The van der Waals surface area contributed by atoms with Gasteiger partial charge in [-0.1, -0.05) is 0 Å². The van der Waals surface area contributed by atoms with Gasteiger partial charge in [0.05, 0.1) is 37.6 Å². The Morgan fingerprint density at radius 3 is 1.72 bits per heavy atom. The average Bonchev–Trinajstić information content (AvgIpc) is 3.26. The van der Waals surface area contributed by atoms with Crippen molar-refractivity contribution in [3.05, 3.63) is 0 Å². The lowest BCUT2D eigenvalue weighted by Crippen LogP contribution is -2.29. The highest BCUT2D eigenvalue weighted by molar-refractivity contribution is 4.96. The van der Waals surface area contributed by atoms with Crippen LogP contribution < -0.4 is 0 Å². The lowest BCUT2D eigenvalue weighted by molar-refractivity contribution is -0.0426. The Hall–Kier alpha value is -0.160. The molecule has 102 valence electrons. The number of fused-ring (bicyclic) bond motifs is 2. The van der Waals surface area contributed by atoms with Crippen LogP contribution in [0.4, 0.5) is 0 Å². The predicted molar refractivity (Wildman–Crippen MR) is 64.5 cm³/mol. The minimum Gasteiger partial charge on any atom is -0.373 e. The van der Waals surface area contributed by atoms with Crippen LogP contribution in [-0.4, -0.2) is 49.8 Å². The summed E-state index contributed by atoms with van der Waals surface area (Å²) in [4.78, 5) is 0. The summed E-state index contributed by atoms with van der Waals surface area (Å²) in [5.41, 5.74) is 0. The largest absolute Gasteiger partial charge is 0.373 e. The van der Waals surface area contributed by atoms with Crippen molar-refractivity contribution in [2.75, 3.05) is 13.2 Å². The van der Waals surface area contributed by atoms with Crippen molar-refractivity contribution in [2.45, 2.75) is 75.1 Å². The molecule has 0 spiro atoms. The minimum atomic E-state index is 0.323.